The van der Waals surface area contributed by atoms with E-state index in [-0.39, 0.29) is 0 Å². The zero-order valence-electron chi connectivity index (χ0n) is 9.86. The fourth-order valence-corrected chi connectivity index (χ4v) is 2.95. The molecule has 18 heavy (non-hydrogen) atoms. The molecule has 0 aromatic carbocycles. The minimum absolute atomic E-state index is 0.485. The number of rotatable bonds is 2. The molecule has 1 aliphatic carbocycles. The van der Waals surface area contributed by atoms with E-state index in [1.807, 2.05) is 0 Å². The molecule has 0 unspecified atom stereocenters. The quantitative estimate of drug-likeness (QED) is 0.894. The number of nitrogens with one attached hydrogen (secondary N) is 1. The third kappa shape index (κ3) is 2.01. The third-order valence-corrected chi connectivity index (χ3v) is 4.17. The van der Waals surface area contributed by atoms with Crippen molar-refractivity contribution in [1.29, 1.82) is 0 Å². The Morgan fingerprint density at radius 3 is 2.72 bits per heavy atom. The van der Waals surface area contributed by atoms with Gasteiger partial charge in [0.25, 0.3) is 0 Å². The van der Waals surface area contributed by atoms with Crippen LogP contribution in [0.3, 0.4) is 0 Å². The number of aromatic nitrogens is 4. The van der Waals surface area contributed by atoms with Crippen molar-refractivity contribution in [3.8, 4) is 11.6 Å². The van der Waals surface area contributed by atoms with Gasteiger partial charge in [-0.2, -0.15) is 0 Å². The Morgan fingerprint density at radius 1 is 1.28 bits per heavy atom. The van der Waals surface area contributed by atoms with Crippen LogP contribution >= 0.6 is 15.9 Å². The first-order valence-electron chi connectivity index (χ1n) is 6.08. The lowest BCUT2D eigenvalue weighted by Crippen LogP contribution is -2.06. The summed E-state index contributed by atoms with van der Waals surface area (Å²) in [7, 11) is 0. The van der Waals surface area contributed by atoms with Crippen molar-refractivity contribution >= 4 is 21.7 Å². The predicted molar refractivity (Wildman–Crippen MR) is 72.9 cm³/mol. The van der Waals surface area contributed by atoms with E-state index >= 15 is 0 Å². The van der Waals surface area contributed by atoms with Crippen LogP contribution in [0.15, 0.2) is 16.9 Å². The van der Waals surface area contributed by atoms with E-state index in [1.165, 1.54) is 25.7 Å². The molecule has 0 radical (unpaired) electrons. The van der Waals surface area contributed by atoms with Gasteiger partial charge in [0.05, 0.1) is 10.2 Å². The summed E-state index contributed by atoms with van der Waals surface area (Å²) in [6, 6.07) is 0. The van der Waals surface area contributed by atoms with E-state index in [0.717, 1.165) is 10.2 Å². The second-order valence-corrected chi connectivity index (χ2v) is 5.34. The Kier molecular flexibility index (Phi) is 3.03. The van der Waals surface area contributed by atoms with Gasteiger partial charge in [-0.15, -0.1) is 0 Å². The highest BCUT2D eigenvalue weighted by atomic mass is 79.9. The Bertz CT molecular complexity index is 546. The lowest BCUT2D eigenvalue weighted by atomic mass is 10.0. The number of halogens is 1. The van der Waals surface area contributed by atoms with Crippen LogP contribution in [-0.2, 0) is 0 Å². The standard InChI is InChI=1S/C12H14BrN5/c13-8-9(7-3-1-2-4-7)17-12(18-10(8)14)11-15-5-6-16-11/h5-7H,1-4H2,(H,15,16)(H2,14,17,18). The first kappa shape index (κ1) is 11.6. The van der Waals surface area contributed by atoms with Crippen LogP contribution in [0.5, 0.6) is 0 Å². The van der Waals surface area contributed by atoms with Gasteiger partial charge in [0, 0.05) is 18.3 Å². The highest BCUT2D eigenvalue weighted by Gasteiger charge is 2.23. The Hall–Kier alpha value is -1.43. The summed E-state index contributed by atoms with van der Waals surface area (Å²) in [6.45, 7) is 0. The van der Waals surface area contributed by atoms with Gasteiger partial charge in [0.2, 0.25) is 0 Å². The summed E-state index contributed by atoms with van der Waals surface area (Å²) in [5, 5.41) is 0. The zero-order valence-corrected chi connectivity index (χ0v) is 11.4. The van der Waals surface area contributed by atoms with Crippen LogP contribution in [-0.4, -0.2) is 19.9 Å². The smallest absolute Gasteiger partial charge is 0.197 e. The molecule has 0 saturated heterocycles. The van der Waals surface area contributed by atoms with Crippen LogP contribution in [0.1, 0.15) is 37.3 Å². The largest absolute Gasteiger partial charge is 0.383 e. The molecule has 1 aliphatic rings. The van der Waals surface area contributed by atoms with Gasteiger partial charge in [-0.25, -0.2) is 15.0 Å². The SMILES string of the molecule is Nc1nc(-c2ncc[nH]2)nc(C2CCCC2)c1Br. The number of nitrogens with two attached hydrogens (primary N) is 1. The molecule has 0 amide bonds. The van der Waals surface area contributed by atoms with Gasteiger partial charge >= 0.3 is 0 Å². The van der Waals surface area contributed by atoms with Crippen LogP contribution in [0.25, 0.3) is 11.6 Å². The van der Waals surface area contributed by atoms with Gasteiger partial charge in [-0.1, -0.05) is 12.8 Å². The Balaban J connectivity index is 2.07. The van der Waals surface area contributed by atoms with Gasteiger partial charge in [-0.05, 0) is 28.8 Å². The van der Waals surface area contributed by atoms with Crippen molar-refractivity contribution in [2.24, 2.45) is 0 Å². The van der Waals surface area contributed by atoms with Crippen molar-refractivity contribution in [2.75, 3.05) is 5.73 Å². The highest BCUT2D eigenvalue weighted by Crippen LogP contribution is 2.38. The first-order chi connectivity index (χ1) is 8.75. The summed E-state index contributed by atoms with van der Waals surface area (Å²) >= 11 is 3.51. The average Bonchev–Trinajstić information content (AvgIpc) is 3.03. The number of nitrogens with zero attached hydrogens (tertiary/aromatic N) is 3. The van der Waals surface area contributed by atoms with E-state index < -0.39 is 0 Å². The van der Waals surface area contributed by atoms with Gasteiger partial charge in [0.15, 0.2) is 11.6 Å². The highest BCUT2D eigenvalue weighted by molar-refractivity contribution is 9.10. The van der Waals surface area contributed by atoms with Gasteiger partial charge in [0.1, 0.15) is 5.82 Å². The third-order valence-electron chi connectivity index (χ3n) is 3.35. The van der Waals surface area contributed by atoms with Crippen molar-refractivity contribution in [3.05, 3.63) is 22.6 Å². The maximum atomic E-state index is 5.96. The molecule has 1 fully saturated rings. The molecule has 0 atom stereocenters. The summed E-state index contributed by atoms with van der Waals surface area (Å²) in [5.41, 5.74) is 6.98. The molecule has 0 bridgehead atoms. The van der Waals surface area contributed by atoms with Crippen LogP contribution < -0.4 is 5.73 Å². The normalized spacial score (nSPS) is 16.3. The molecule has 1 saturated carbocycles. The molecular weight excluding hydrogens is 294 g/mol. The van der Waals surface area contributed by atoms with Crippen molar-refractivity contribution in [1.82, 2.24) is 19.9 Å². The molecule has 3 rings (SSSR count). The van der Waals surface area contributed by atoms with Crippen LogP contribution in [0, 0.1) is 0 Å². The Morgan fingerprint density at radius 2 is 2.06 bits per heavy atom. The molecule has 2 heterocycles. The van der Waals surface area contributed by atoms with E-state index in [1.54, 1.807) is 12.4 Å². The number of anilines is 1. The lowest BCUT2D eigenvalue weighted by molar-refractivity contribution is 0.691. The van der Waals surface area contributed by atoms with E-state index in [2.05, 4.69) is 35.9 Å². The minimum atomic E-state index is 0.485. The van der Waals surface area contributed by atoms with Crippen LogP contribution in [0.2, 0.25) is 0 Å². The molecule has 2 aromatic heterocycles. The van der Waals surface area contributed by atoms with Crippen molar-refractivity contribution in [2.45, 2.75) is 31.6 Å². The summed E-state index contributed by atoms with van der Waals surface area (Å²) in [4.78, 5) is 16.1. The second-order valence-electron chi connectivity index (χ2n) is 4.55. The summed E-state index contributed by atoms with van der Waals surface area (Å²) in [5.74, 6) is 2.20. The average molecular weight is 308 g/mol. The Labute approximate surface area is 113 Å². The zero-order chi connectivity index (χ0) is 12.5. The monoisotopic (exact) mass is 307 g/mol. The summed E-state index contributed by atoms with van der Waals surface area (Å²) < 4.78 is 0.838. The lowest BCUT2D eigenvalue weighted by Gasteiger charge is -2.13. The van der Waals surface area contributed by atoms with E-state index in [0.29, 0.717) is 23.4 Å². The number of hydrogen-bond donors (Lipinski definition) is 2. The first-order valence-corrected chi connectivity index (χ1v) is 6.87. The topological polar surface area (TPSA) is 80.5 Å². The fraction of sp³-hybridized carbons (Fsp3) is 0.417. The molecule has 6 heteroatoms. The molecule has 5 nitrogen and oxygen atoms in total. The van der Waals surface area contributed by atoms with Gasteiger partial charge < -0.3 is 10.7 Å². The maximum Gasteiger partial charge on any atom is 0.197 e. The molecule has 0 aliphatic heterocycles. The number of imidazole rings is 1. The van der Waals surface area contributed by atoms with Gasteiger partial charge in [-0.3, -0.25) is 0 Å². The van der Waals surface area contributed by atoms with E-state index in [4.69, 9.17) is 5.73 Å². The molecule has 0 spiro atoms. The molecule has 94 valence electrons. The van der Waals surface area contributed by atoms with Crippen molar-refractivity contribution < 1.29 is 0 Å². The van der Waals surface area contributed by atoms with Crippen LogP contribution in [0.4, 0.5) is 5.82 Å². The minimum Gasteiger partial charge on any atom is -0.383 e. The van der Waals surface area contributed by atoms with Crippen molar-refractivity contribution in [3.63, 3.8) is 0 Å². The summed E-state index contributed by atoms with van der Waals surface area (Å²) in [6.07, 6.45) is 8.31. The molecule has 3 N–H and O–H groups in total. The molecule has 2 aromatic rings. The number of nitrogen functional groups attached to an aromatic ring is 1. The maximum absolute atomic E-state index is 5.96. The second kappa shape index (κ2) is 4.68. The number of H-pyrrole nitrogens is 1. The number of aromatic amines is 1. The predicted octanol–water partition coefficient (Wildman–Crippen LogP) is 2.87. The van der Waals surface area contributed by atoms with E-state index in [9.17, 15) is 0 Å². The molecular formula is C12H14BrN5. The fourth-order valence-electron chi connectivity index (χ4n) is 2.45. The number of hydrogen-bond acceptors (Lipinski definition) is 4.